The molecule has 124 valence electrons. The zero-order chi connectivity index (χ0) is 17.6. The molecule has 0 aliphatic carbocycles. The molecular weight excluding hydrogens is 318 g/mol. The molecule has 0 unspecified atom stereocenters. The van der Waals surface area contributed by atoms with E-state index in [-0.39, 0.29) is 11.5 Å². The van der Waals surface area contributed by atoms with Crippen molar-refractivity contribution < 1.29 is 14.8 Å². The van der Waals surface area contributed by atoms with Gasteiger partial charge in [0.15, 0.2) is 0 Å². The van der Waals surface area contributed by atoms with E-state index in [9.17, 15) is 9.59 Å². The van der Waals surface area contributed by atoms with Crippen molar-refractivity contribution >= 4 is 17.6 Å². The summed E-state index contributed by atoms with van der Waals surface area (Å²) in [6, 6.07) is 18.9. The summed E-state index contributed by atoms with van der Waals surface area (Å²) >= 11 is 0. The van der Waals surface area contributed by atoms with Crippen molar-refractivity contribution in [1.82, 2.24) is 10.5 Å². The first-order chi connectivity index (χ1) is 12.2. The van der Waals surface area contributed by atoms with E-state index in [1.165, 1.54) is 0 Å². The summed E-state index contributed by atoms with van der Waals surface area (Å²) < 4.78 is 0. The Morgan fingerprint density at radius 3 is 1.88 bits per heavy atom. The van der Waals surface area contributed by atoms with Gasteiger partial charge in [-0.1, -0.05) is 42.5 Å². The zero-order valence-electron chi connectivity index (χ0n) is 13.1. The van der Waals surface area contributed by atoms with Crippen molar-refractivity contribution in [3.8, 4) is 11.1 Å². The summed E-state index contributed by atoms with van der Waals surface area (Å²) in [4.78, 5) is 28.6. The second-order valence-electron chi connectivity index (χ2n) is 5.20. The van der Waals surface area contributed by atoms with E-state index in [4.69, 9.17) is 5.21 Å². The van der Waals surface area contributed by atoms with Crippen molar-refractivity contribution in [2.24, 2.45) is 0 Å². The Balaban J connectivity index is 2.03. The summed E-state index contributed by atoms with van der Waals surface area (Å²) in [6.07, 6.45) is 1.59. The van der Waals surface area contributed by atoms with Gasteiger partial charge < -0.3 is 5.32 Å². The van der Waals surface area contributed by atoms with Crippen LogP contribution < -0.4 is 10.8 Å². The fourth-order valence-corrected chi connectivity index (χ4v) is 2.51. The van der Waals surface area contributed by atoms with Gasteiger partial charge in [0.25, 0.3) is 11.8 Å². The fraction of sp³-hybridized carbons (Fsp3) is 0. The number of rotatable bonds is 4. The van der Waals surface area contributed by atoms with Crippen LogP contribution in [0.1, 0.15) is 20.7 Å². The van der Waals surface area contributed by atoms with Crippen LogP contribution in [0.3, 0.4) is 0 Å². The number of pyridine rings is 1. The van der Waals surface area contributed by atoms with Crippen LogP contribution in [0.4, 0.5) is 5.82 Å². The van der Waals surface area contributed by atoms with E-state index >= 15 is 0 Å². The van der Waals surface area contributed by atoms with Crippen molar-refractivity contribution in [3.05, 3.63) is 84.1 Å². The third-order valence-corrected chi connectivity index (χ3v) is 3.64. The molecule has 6 nitrogen and oxygen atoms in total. The smallest absolute Gasteiger partial charge is 0.275 e. The van der Waals surface area contributed by atoms with E-state index < -0.39 is 5.91 Å². The van der Waals surface area contributed by atoms with Crippen LogP contribution in [0.5, 0.6) is 0 Å². The maximum Gasteiger partial charge on any atom is 0.275 e. The summed E-state index contributed by atoms with van der Waals surface area (Å²) in [5.41, 5.74) is 3.41. The molecule has 0 saturated heterocycles. The van der Waals surface area contributed by atoms with E-state index in [0.717, 1.165) is 0 Å². The standard InChI is InChI=1S/C19H15N3O3/c23-18(21-17-11-5-6-12-20-17)15-9-3-1-7-13(15)14-8-2-4-10-16(14)19(24)22-25/h1-12,25H,(H,22,24)(H,20,21,23). The number of amides is 2. The number of hydroxylamine groups is 1. The number of benzene rings is 2. The van der Waals surface area contributed by atoms with Gasteiger partial charge in [-0.05, 0) is 35.4 Å². The Hall–Kier alpha value is -3.51. The SMILES string of the molecule is O=C(NO)c1ccccc1-c1ccccc1C(=O)Nc1ccccn1. The van der Waals surface area contributed by atoms with Gasteiger partial charge in [-0.15, -0.1) is 0 Å². The monoisotopic (exact) mass is 333 g/mol. The second kappa shape index (κ2) is 7.37. The molecule has 2 aromatic carbocycles. The average molecular weight is 333 g/mol. The molecule has 0 saturated carbocycles. The Kier molecular flexibility index (Phi) is 4.82. The van der Waals surface area contributed by atoms with Crippen LogP contribution in [0.25, 0.3) is 11.1 Å². The lowest BCUT2D eigenvalue weighted by Gasteiger charge is -2.13. The van der Waals surface area contributed by atoms with E-state index in [1.54, 1.807) is 78.4 Å². The first-order valence-electron chi connectivity index (χ1n) is 7.56. The van der Waals surface area contributed by atoms with Gasteiger partial charge >= 0.3 is 0 Å². The molecule has 0 fully saturated rings. The predicted molar refractivity (Wildman–Crippen MR) is 93.3 cm³/mol. The number of hydrogen-bond acceptors (Lipinski definition) is 4. The van der Waals surface area contributed by atoms with Crippen molar-refractivity contribution in [3.63, 3.8) is 0 Å². The van der Waals surface area contributed by atoms with E-state index in [2.05, 4.69) is 10.3 Å². The van der Waals surface area contributed by atoms with Gasteiger partial charge in [0, 0.05) is 17.3 Å². The Morgan fingerprint density at radius 2 is 1.32 bits per heavy atom. The van der Waals surface area contributed by atoms with Gasteiger partial charge in [0.05, 0.1) is 0 Å². The lowest BCUT2D eigenvalue weighted by Crippen LogP contribution is -2.20. The molecule has 6 heteroatoms. The summed E-state index contributed by atoms with van der Waals surface area (Å²) in [7, 11) is 0. The average Bonchev–Trinajstić information content (AvgIpc) is 2.68. The van der Waals surface area contributed by atoms with E-state index in [0.29, 0.717) is 22.5 Å². The first kappa shape index (κ1) is 16.4. The van der Waals surface area contributed by atoms with Crippen molar-refractivity contribution in [2.45, 2.75) is 0 Å². The number of nitrogens with one attached hydrogen (secondary N) is 2. The summed E-state index contributed by atoms with van der Waals surface area (Å²) in [6.45, 7) is 0. The quantitative estimate of drug-likeness (QED) is 0.505. The Labute approximate surface area is 144 Å². The van der Waals surface area contributed by atoms with E-state index in [1.807, 2.05) is 0 Å². The van der Waals surface area contributed by atoms with Gasteiger partial charge in [0.2, 0.25) is 0 Å². The summed E-state index contributed by atoms with van der Waals surface area (Å²) in [5, 5.41) is 11.7. The fourth-order valence-electron chi connectivity index (χ4n) is 2.51. The number of nitrogens with zero attached hydrogens (tertiary/aromatic N) is 1. The second-order valence-corrected chi connectivity index (χ2v) is 5.20. The third kappa shape index (κ3) is 3.54. The molecule has 0 aliphatic rings. The van der Waals surface area contributed by atoms with Crippen LogP contribution in [0.15, 0.2) is 72.9 Å². The van der Waals surface area contributed by atoms with Gasteiger partial charge in [0.1, 0.15) is 5.82 Å². The Morgan fingerprint density at radius 1 is 0.760 bits per heavy atom. The molecule has 0 atom stereocenters. The van der Waals surface area contributed by atoms with Crippen molar-refractivity contribution in [2.75, 3.05) is 5.32 Å². The van der Waals surface area contributed by atoms with Crippen LogP contribution in [-0.2, 0) is 0 Å². The highest BCUT2D eigenvalue weighted by Crippen LogP contribution is 2.27. The minimum atomic E-state index is -0.643. The highest BCUT2D eigenvalue weighted by atomic mass is 16.5. The highest BCUT2D eigenvalue weighted by molar-refractivity contribution is 6.10. The number of anilines is 1. The Bertz CT molecular complexity index is 911. The van der Waals surface area contributed by atoms with Gasteiger partial charge in [-0.2, -0.15) is 0 Å². The number of aromatic nitrogens is 1. The molecule has 0 aliphatic heterocycles. The van der Waals surface area contributed by atoms with Gasteiger partial charge in [-0.25, -0.2) is 10.5 Å². The maximum atomic E-state index is 12.7. The maximum absolute atomic E-state index is 12.7. The minimum absolute atomic E-state index is 0.267. The molecule has 2 amide bonds. The molecule has 0 radical (unpaired) electrons. The molecule has 1 aromatic heterocycles. The zero-order valence-corrected chi connectivity index (χ0v) is 13.1. The topological polar surface area (TPSA) is 91.3 Å². The molecule has 3 aromatic rings. The first-order valence-corrected chi connectivity index (χ1v) is 7.56. The lowest BCUT2D eigenvalue weighted by atomic mass is 9.94. The molecule has 25 heavy (non-hydrogen) atoms. The van der Waals surface area contributed by atoms with Crippen LogP contribution in [-0.4, -0.2) is 22.0 Å². The predicted octanol–water partition coefficient (Wildman–Crippen LogP) is 3.12. The minimum Gasteiger partial charge on any atom is -0.307 e. The number of carbonyl (C=O) groups is 2. The number of carbonyl (C=O) groups excluding carboxylic acids is 2. The van der Waals surface area contributed by atoms with Crippen LogP contribution in [0, 0.1) is 0 Å². The van der Waals surface area contributed by atoms with Crippen molar-refractivity contribution in [1.29, 1.82) is 0 Å². The molecule has 0 bridgehead atoms. The molecule has 3 rings (SSSR count). The molecule has 3 N–H and O–H groups in total. The highest BCUT2D eigenvalue weighted by Gasteiger charge is 2.17. The number of hydrogen-bond donors (Lipinski definition) is 3. The van der Waals surface area contributed by atoms with Crippen LogP contribution in [0.2, 0.25) is 0 Å². The van der Waals surface area contributed by atoms with Gasteiger partial charge in [-0.3, -0.25) is 14.8 Å². The molecular formula is C19H15N3O3. The lowest BCUT2D eigenvalue weighted by molar-refractivity contribution is 0.0707. The molecule has 1 heterocycles. The third-order valence-electron chi connectivity index (χ3n) is 3.64. The summed E-state index contributed by atoms with van der Waals surface area (Å²) in [5.74, 6) is -0.548. The normalized spacial score (nSPS) is 10.1. The van der Waals surface area contributed by atoms with Crippen LogP contribution >= 0.6 is 0 Å². The molecule has 0 spiro atoms. The largest absolute Gasteiger partial charge is 0.307 e.